The molecule has 1 aliphatic rings. The molecule has 126 valence electrons. The Hall–Kier alpha value is -2.67. The molecule has 0 radical (unpaired) electrons. The molecule has 6 nitrogen and oxygen atoms in total. The molecule has 0 amide bonds. The maximum atomic E-state index is 9.07. The van der Waals surface area contributed by atoms with Crippen LogP contribution in [0, 0.1) is 22.7 Å². The molecule has 1 unspecified atom stereocenters. The Balaban J connectivity index is 1.69. The van der Waals surface area contributed by atoms with Gasteiger partial charge in [-0.05, 0) is 24.6 Å². The smallest absolute Gasteiger partial charge is 0.234 e. The van der Waals surface area contributed by atoms with Gasteiger partial charge >= 0.3 is 0 Å². The fourth-order valence-corrected chi connectivity index (χ4v) is 3.24. The molecule has 1 aromatic carbocycles. The van der Waals surface area contributed by atoms with Crippen LogP contribution in [0.3, 0.4) is 0 Å². The van der Waals surface area contributed by atoms with Crippen molar-refractivity contribution < 1.29 is 0 Å². The fourth-order valence-electron chi connectivity index (χ4n) is 3.03. The number of hydrogen-bond acceptors (Lipinski definition) is 6. The molecule has 25 heavy (non-hydrogen) atoms. The van der Waals surface area contributed by atoms with Crippen LogP contribution in [-0.2, 0) is 0 Å². The van der Waals surface area contributed by atoms with Crippen molar-refractivity contribution in [1.29, 1.82) is 10.5 Å². The Morgan fingerprint density at radius 3 is 2.60 bits per heavy atom. The van der Waals surface area contributed by atoms with E-state index < -0.39 is 0 Å². The van der Waals surface area contributed by atoms with E-state index in [1.807, 2.05) is 24.3 Å². The quantitative estimate of drug-likeness (QED) is 0.845. The van der Waals surface area contributed by atoms with Crippen molar-refractivity contribution in [3.05, 3.63) is 52.4 Å². The first-order valence-corrected chi connectivity index (χ1v) is 8.42. The molecule has 0 N–H and O–H groups in total. The van der Waals surface area contributed by atoms with Crippen molar-refractivity contribution >= 4 is 17.4 Å². The summed E-state index contributed by atoms with van der Waals surface area (Å²) in [4.78, 5) is 12.6. The molecule has 1 aliphatic heterocycles. The first-order chi connectivity index (χ1) is 12.1. The minimum Gasteiger partial charge on any atom is -0.353 e. The Labute approximate surface area is 151 Å². The summed E-state index contributed by atoms with van der Waals surface area (Å²) in [6, 6.07) is 12.1. The third kappa shape index (κ3) is 3.71. The van der Waals surface area contributed by atoms with E-state index in [9.17, 15) is 0 Å². The lowest BCUT2D eigenvalue weighted by atomic mass is 10.0. The molecule has 2 heterocycles. The lowest BCUT2D eigenvalue weighted by Gasteiger charge is -2.39. The highest BCUT2D eigenvalue weighted by Gasteiger charge is 2.24. The lowest BCUT2D eigenvalue weighted by Crippen LogP contribution is -2.47. The van der Waals surface area contributed by atoms with Gasteiger partial charge in [-0.3, -0.25) is 4.90 Å². The molecule has 1 aromatic heterocycles. The van der Waals surface area contributed by atoms with Crippen molar-refractivity contribution in [2.45, 2.75) is 13.0 Å². The Bertz CT molecular complexity index is 845. The molecule has 1 atom stereocenters. The molecule has 0 bridgehead atoms. The number of aromatic nitrogens is 2. The fraction of sp³-hybridized carbons (Fsp3) is 0.333. The van der Waals surface area contributed by atoms with Crippen molar-refractivity contribution in [1.82, 2.24) is 14.9 Å². The zero-order valence-corrected chi connectivity index (χ0v) is 14.6. The van der Waals surface area contributed by atoms with Gasteiger partial charge in [0.1, 0.15) is 11.1 Å². The number of piperazine rings is 1. The molecule has 3 rings (SSSR count). The van der Waals surface area contributed by atoms with Gasteiger partial charge in [0, 0.05) is 32.2 Å². The Morgan fingerprint density at radius 2 is 1.92 bits per heavy atom. The summed E-state index contributed by atoms with van der Waals surface area (Å²) in [6.45, 7) is 5.38. The third-order valence-corrected chi connectivity index (χ3v) is 4.75. The second-order valence-electron chi connectivity index (χ2n) is 5.91. The van der Waals surface area contributed by atoms with Gasteiger partial charge in [0.15, 0.2) is 5.82 Å². The van der Waals surface area contributed by atoms with Gasteiger partial charge in [0.25, 0.3) is 0 Å². The molecule has 1 saturated heterocycles. The number of nitrogens with zero attached hydrogens (tertiary/aromatic N) is 6. The van der Waals surface area contributed by atoms with Crippen LogP contribution >= 0.6 is 11.6 Å². The normalized spacial score (nSPS) is 16.1. The molecule has 0 spiro atoms. The minimum absolute atomic E-state index is 0.128. The summed E-state index contributed by atoms with van der Waals surface area (Å²) >= 11 is 6.19. The van der Waals surface area contributed by atoms with E-state index in [4.69, 9.17) is 22.1 Å². The van der Waals surface area contributed by atoms with Crippen molar-refractivity contribution in [2.75, 3.05) is 31.1 Å². The number of benzene rings is 1. The average Bonchev–Trinajstić information content (AvgIpc) is 2.68. The average molecular weight is 353 g/mol. The molecule has 7 heteroatoms. The monoisotopic (exact) mass is 352 g/mol. The van der Waals surface area contributed by atoms with Gasteiger partial charge in [0.2, 0.25) is 5.82 Å². The van der Waals surface area contributed by atoms with E-state index in [0.717, 1.165) is 31.7 Å². The summed E-state index contributed by atoms with van der Waals surface area (Å²) < 4.78 is 0. The van der Waals surface area contributed by atoms with Crippen LogP contribution in [0.4, 0.5) is 5.82 Å². The first-order valence-electron chi connectivity index (χ1n) is 8.04. The zero-order chi connectivity index (χ0) is 17.8. The van der Waals surface area contributed by atoms with Gasteiger partial charge in [-0.1, -0.05) is 23.7 Å². The summed E-state index contributed by atoms with van der Waals surface area (Å²) in [6.07, 6.45) is 1.48. The number of rotatable bonds is 3. The van der Waals surface area contributed by atoms with Crippen LogP contribution in [0.2, 0.25) is 5.02 Å². The topological polar surface area (TPSA) is 79.8 Å². The Morgan fingerprint density at radius 1 is 1.16 bits per heavy atom. The molecule has 0 saturated carbocycles. The van der Waals surface area contributed by atoms with Gasteiger partial charge in [0.05, 0.1) is 17.8 Å². The number of halogens is 1. The highest BCUT2D eigenvalue weighted by molar-refractivity contribution is 6.32. The summed E-state index contributed by atoms with van der Waals surface area (Å²) in [5.41, 5.74) is 1.82. The number of anilines is 1. The summed E-state index contributed by atoms with van der Waals surface area (Å²) in [5, 5.41) is 18.5. The Kier molecular flexibility index (Phi) is 5.14. The van der Waals surface area contributed by atoms with Gasteiger partial charge in [-0.15, -0.1) is 0 Å². The minimum atomic E-state index is 0.128. The van der Waals surface area contributed by atoms with Crippen LogP contribution in [0.15, 0.2) is 30.5 Å². The number of nitriles is 2. The van der Waals surface area contributed by atoms with Gasteiger partial charge in [-0.25, -0.2) is 9.97 Å². The number of hydrogen-bond donors (Lipinski definition) is 0. The van der Waals surface area contributed by atoms with Crippen LogP contribution in [-0.4, -0.2) is 41.0 Å². The molecular formula is C18H17ClN6. The van der Waals surface area contributed by atoms with E-state index in [1.54, 1.807) is 0 Å². The molecule has 1 fully saturated rings. The van der Waals surface area contributed by atoms with E-state index in [0.29, 0.717) is 16.4 Å². The standard InChI is InChI=1S/C18H17ClN6/c1-13(15-4-2-3-14(9-15)10-20)24-5-7-25(8-6-24)18-16(19)12-22-17(11-21)23-18/h2-4,9,12-13H,5-8H2,1H3. The van der Waals surface area contributed by atoms with E-state index >= 15 is 0 Å². The van der Waals surface area contributed by atoms with Crippen LogP contribution in [0.25, 0.3) is 0 Å². The van der Waals surface area contributed by atoms with E-state index in [2.05, 4.69) is 38.8 Å². The zero-order valence-electron chi connectivity index (χ0n) is 13.9. The first kappa shape index (κ1) is 17.2. The van der Waals surface area contributed by atoms with Gasteiger partial charge in [-0.2, -0.15) is 10.5 Å². The molecule has 2 aromatic rings. The van der Waals surface area contributed by atoms with Gasteiger partial charge < -0.3 is 4.90 Å². The van der Waals surface area contributed by atoms with E-state index in [1.165, 1.54) is 6.20 Å². The van der Waals surface area contributed by atoms with Crippen molar-refractivity contribution in [3.63, 3.8) is 0 Å². The maximum Gasteiger partial charge on any atom is 0.234 e. The lowest BCUT2D eigenvalue weighted by molar-refractivity contribution is 0.198. The highest BCUT2D eigenvalue weighted by atomic mass is 35.5. The molecular weight excluding hydrogens is 336 g/mol. The molecule has 0 aliphatic carbocycles. The van der Waals surface area contributed by atoms with Crippen molar-refractivity contribution in [3.8, 4) is 12.1 Å². The largest absolute Gasteiger partial charge is 0.353 e. The maximum absolute atomic E-state index is 9.07. The summed E-state index contributed by atoms with van der Waals surface area (Å²) in [5.74, 6) is 0.746. The predicted molar refractivity (Wildman–Crippen MR) is 95.1 cm³/mol. The van der Waals surface area contributed by atoms with E-state index in [-0.39, 0.29) is 11.9 Å². The summed E-state index contributed by atoms with van der Waals surface area (Å²) in [7, 11) is 0. The third-order valence-electron chi connectivity index (χ3n) is 4.49. The van der Waals surface area contributed by atoms with Crippen LogP contribution < -0.4 is 4.90 Å². The SMILES string of the molecule is CC(c1cccc(C#N)c1)N1CCN(c2nc(C#N)ncc2Cl)CC1. The van der Waals surface area contributed by atoms with Crippen LogP contribution in [0.1, 0.15) is 29.9 Å². The van der Waals surface area contributed by atoms with Crippen LogP contribution in [0.5, 0.6) is 0 Å². The van der Waals surface area contributed by atoms with Crippen molar-refractivity contribution in [2.24, 2.45) is 0 Å². The second-order valence-corrected chi connectivity index (χ2v) is 6.32. The highest BCUT2D eigenvalue weighted by Crippen LogP contribution is 2.27. The predicted octanol–water partition coefficient (Wildman–Crippen LogP) is 2.76. The second kappa shape index (κ2) is 7.48.